The van der Waals surface area contributed by atoms with Crippen molar-refractivity contribution in [1.82, 2.24) is 10.2 Å². The van der Waals surface area contributed by atoms with Gasteiger partial charge in [-0.05, 0) is 18.8 Å². The highest BCUT2D eigenvalue weighted by Crippen LogP contribution is 2.44. The molecule has 15 heavy (non-hydrogen) atoms. The Morgan fingerprint density at radius 3 is 2.33 bits per heavy atom. The van der Waals surface area contributed by atoms with Crippen LogP contribution in [0.2, 0.25) is 0 Å². The predicted octanol–water partition coefficient (Wildman–Crippen LogP) is 0.899. The fourth-order valence-corrected chi connectivity index (χ4v) is 1.31. The van der Waals surface area contributed by atoms with Gasteiger partial charge in [0.15, 0.2) is 0 Å². The van der Waals surface area contributed by atoms with Gasteiger partial charge in [0, 0.05) is 13.1 Å². The molecule has 0 heterocycles. The Bertz CT molecular complexity index is 288. The molecule has 1 aliphatic rings. The van der Waals surface area contributed by atoms with Gasteiger partial charge in [0.25, 0.3) is 0 Å². The lowest BCUT2D eigenvalue weighted by molar-refractivity contribution is -0.141. The summed E-state index contributed by atoms with van der Waals surface area (Å²) in [4.78, 5) is 23.4. The van der Waals surface area contributed by atoms with Crippen LogP contribution in [-0.4, -0.2) is 41.1 Å². The van der Waals surface area contributed by atoms with E-state index in [-0.39, 0.29) is 17.5 Å². The summed E-state index contributed by atoms with van der Waals surface area (Å²) in [6, 6.07) is -0.944. The van der Waals surface area contributed by atoms with Crippen molar-refractivity contribution in [3.8, 4) is 0 Å². The van der Waals surface area contributed by atoms with Crippen molar-refractivity contribution in [3.63, 3.8) is 0 Å². The van der Waals surface area contributed by atoms with Gasteiger partial charge >= 0.3 is 12.0 Å². The molecule has 0 saturated heterocycles. The van der Waals surface area contributed by atoms with Gasteiger partial charge in [0.05, 0.1) is 0 Å². The van der Waals surface area contributed by atoms with Gasteiger partial charge in [0.2, 0.25) is 0 Å². The van der Waals surface area contributed by atoms with Crippen LogP contribution in [0.25, 0.3) is 0 Å². The van der Waals surface area contributed by atoms with E-state index in [9.17, 15) is 9.59 Å². The minimum absolute atomic E-state index is 0.156. The van der Waals surface area contributed by atoms with Crippen molar-refractivity contribution < 1.29 is 14.7 Å². The number of nitrogens with one attached hydrogen (secondary N) is 1. The lowest BCUT2D eigenvalue weighted by atomic mass is 10.2. The van der Waals surface area contributed by atoms with Gasteiger partial charge in [-0.15, -0.1) is 0 Å². The molecule has 0 radical (unpaired) electrons. The molecule has 86 valence electrons. The molecule has 1 saturated carbocycles. The average molecular weight is 214 g/mol. The number of carboxylic acids is 1. The van der Waals surface area contributed by atoms with E-state index in [1.165, 1.54) is 18.9 Å². The van der Waals surface area contributed by atoms with Crippen molar-refractivity contribution in [2.45, 2.75) is 39.3 Å². The standard InChI is InChI=1S/C10H18N2O3/c1-6(8(13)14)12(4)9(15)11-7-5-10(7,2)3/h6-7H,5H2,1-4H3,(H,11,15)(H,13,14). The molecule has 5 heteroatoms. The Hall–Kier alpha value is -1.26. The fraction of sp³-hybridized carbons (Fsp3) is 0.800. The Labute approximate surface area is 89.4 Å². The second-order valence-electron chi connectivity index (χ2n) is 4.82. The Balaban J connectivity index is 2.44. The number of carbonyl (C=O) groups is 2. The van der Waals surface area contributed by atoms with Crippen LogP contribution in [0.15, 0.2) is 0 Å². The Morgan fingerprint density at radius 1 is 1.53 bits per heavy atom. The smallest absolute Gasteiger partial charge is 0.326 e. The molecule has 0 bridgehead atoms. The van der Waals surface area contributed by atoms with E-state index in [1.807, 2.05) is 0 Å². The van der Waals surface area contributed by atoms with E-state index in [4.69, 9.17) is 5.11 Å². The highest BCUT2D eigenvalue weighted by molar-refractivity contribution is 5.82. The van der Waals surface area contributed by atoms with E-state index in [0.29, 0.717) is 0 Å². The first-order chi connectivity index (χ1) is 6.75. The Kier molecular flexibility index (Phi) is 2.93. The summed E-state index contributed by atoms with van der Waals surface area (Å²) in [7, 11) is 1.49. The third kappa shape index (κ3) is 2.61. The average Bonchev–Trinajstić information content (AvgIpc) is 2.70. The SMILES string of the molecule is CC(C(=O)O)N(C)C(=O)NC1CC1(C)C. The van der Waals surface area contributed by atoms with Crippen molar-refractivity contribution in [2.24, 2.45) is 5.41 Å². The minimum atomic E-state index is -0.997. The summed E-state index contributed by atoms with van der Waals surface area (Å²) in [6.45, 7) is 5.62. The number of hydrogen-bond acceptors (Lipinski definition) is 2. The molecule has 0 aromatic carbocycles. The quantitative estimate of drug-likeness (QED) is 0.733. The summed E-state index contributed by atoms with van der Waals surface area (Å²) in [6.07, 6.45) is 0.952. The van der Waals surface area contributed by atoms with Crippen LogP contribution in [0, 0.1) is 5.41 Å². The van der Waals surface area contributed by atoms with Crippen LogP contribution < -0.4 is 5.32 Å². The molecule has 0 aromatic rings. The monoisotopic (exact) mass is 214 g/mol. The molecule has 1 aliphatic carbocycles. The van der Waals surface area contributed by atoms with Crippen molar-refractivity contribution >= 4 is 12.0 Å². The van der Waals surface area contributed by atoms with E-state index < -0.39 is 12.0 Å². The van der Waals surface area contributed by atoms with Gasteiger partial charge in [-0.3, -0.25) is 0 Å². The second kappa shape index (κ2) is 3.72. The predicted molar refractivity (Wildman–Crippen MR) is 55.6 cm³/mol. The largest absolute Gasteiger partial charge is 0.480 e. The molecule has 0 aliphatic heterocycles. The lowest BCUT2D eigenvalue weighted by Gasteiger charge is -2.22. The van der Waals surface area contributed by atoms with E-state index in [1.54, 1.807) is 0 Å². The molecule has 0 aromatic heterocycles. The van der Waals surface area contributed by atoms with E-state index >= 15 is 0 Å². The maximum absolute atomic E-state index is 11.6. The number of nitrogens with zero attached hydrogens (tertiary/aromatic N) is 1. The van der Waals surface area contributed by atoms with Crippen molar-refractivity contribution in [3.05, 3.63) is 0 Å². The maximum atomic E-state index is 11.6. The van der Waals surface area contributed by atoms with Crippen LogP contribution >= 0.6 is 0 Å². The molecule has 2 unspecified atom stereocenters. The molecule has 0 spiro atoms. The molecule has 2 amide bonds. The number of rotatable bonds is 3. The number of likely N-dealkylation sites (N-methyl/N-ethyl adjacent to an activating group) is 1. The highest BCUT2D eigenvalue weighted by atomic mass is 16.4. The molecule has 1 rings (SSSR count). The summed E-state index contributed by atoms with van der Waals surface area (Å²) < 4.78 is 0. The maximum Gasteiger partial charge on any atom is 0.326 e. The number of amides is 2. The summed E-state index contributed by atoms with van der Waals surface area (Å²) >= 11 is 0. The van der Waals surface area contributed by atoms with Gasteiger partial charge in [-0.25, -0.2) is 9.59 Å². The topological polar surface area (TPSA) is 69.6 Å². The minimum Gasteiger partial charge on any atom is -0.480 e. The van der Waals surface area contributed by atoms with E-state index in [0.717, 1.165) is 6.42 Å². The third-order valence-corrected chi connectivity index (χ3v) is 3.07. The highest BCUT2D eigenvalue weighted by Gasteiger charge is 2.47. The number of carbonyl (C=O) groups excluding carboxylic acids is 1. The molecule has 1 fully saturated rings. The normalized spacial score (nSPS) is 24.1. The van der Waals surface area contributed by atoms with Gasteiger partial charge in [-0.2, -0.15) is 0 Å². The zero-order valence-electron chi connectivity index (χ0n) is 9.57. The van der Waals surface area contributed by atoms with Crippen LogP contribution in [0.4, 0.5) is 4.79 Å². The molecular weight excluding hydrogens is 196 g/mol. The lowest BCUT2D eigenvalue weighted by Crippen LogP contribution is -2.47. The second-order valence-corrected chi connectivity index (χ2v) is 4.82. The van der Waals surface area contributed by atoms with Gasteiger partial charge in [-0.1, -0.05) is 13.8 Å². The molecular formula is C10H18N2O3. The number of aliphatic carboxylic acids is 1. The van der Waals surface area contributed by atoms with Crippen LogP contribution in [0.3, 0.4) is 0 Å². The number of hydrogen-bond donors (Lipinski definition) is 2. The summed E-state index contributed by atoms with van der Waals surface area (Å²) in [5.41, 5.74) is 0.156. The van der Waals surface area contributed by atoms with Crippen molar-refractivity contribution in [1.29, 1.82) is 0 Å². The first-order valence-electron chi connectivity index (χ1n) is 5.02. The van der Waals surface area contributed by atoms with Crippen LogP contribution in [0.1, 0.15) is 27.2 Å². The molecule has 5 nitrogen and oxygen atoms in total. The molecule has 2 atom stereocenters. The Morgan fingerprint density at radius 2 is 2.00 bits per heavy atom. The van der Waals surface area contributed by atoms with Gasteiger partial charge in [0.1, 0.15) is 6.04 Å². The third-order valence-electron chi connectivity index (χ3n) is 3.07. The van der Waals surface area contributed by atoms with Crippen LogP contribution in [0.5, 0.6) is 0 Å². The van der Waals surface area contributed by atoms with Crippen molar-refractivity contribution in [2.75, 3.05) is 7.05 Å². The van der Waals surface area contributed by atoms with Crippen LogP contribution in [-0.2, 0) is 4.79 Å². The number of carboxylic acid groups (broad SMARTS) is 1. The van der Waals surface area contributed by atoms with E-state index in [2.05, 4.69) is 19.2 Å². The first-order valence-corrected chi connectivity index (χ1v) is 5.02. The zero-order valence-corrected chi connectivity index (χ0v) is 9.57. The summed E-state index contributed by atoms with van der Waals surface area (Å²) in [5, 5.41) is 11.5. The number of urea groups is 1. The van der Waals surface area contributed by atoms with Gasteiger partial charge < -0.3 is 15.3 Å². The fourth-order valence-electron chi connectivity index (χ4n) is 1.31. The summed E-state index contributed by atoms with van der Waals surface area (Å²) in [5.74, 6) is -0.997. The zero-order chi connectivity index (χ0) is 11.8. The first kappa shape index (κ1) is 11.8. The molecule has 2 N–H and O–H groups in total.